The molecule has 0 radical (unpaired) electrons. The highest BCUT2D eigenvalue weighted by Crippen LogP contribution is 2.17. The molecule has 2 unspecified atom stereocenters. The largest absolute Gasteiger partial charge is 0.326 e. The van der Waals surface area contributed by atoms with E-state index in [0.717, 1.165) is 12.5 Å². The third-order valence-electron chi connectivity index (χ3n) is 2.61. The maximum absolute atomic E-state index is 5.96. The van der Waals surface area contributed by atoms with Crippen LogP contribution in [0, 0.1) is 5.92 Å². The molecular weight excluding hydrogens is 136 g/mol. The fourth-order valence-corrected chi connectivity index (χ4v) is 1.76. The first kappa shape index (κ1) is 9.01. The van der Waals surface area contributed by atoms with Gasteiger partial charge in [-0.15, -0.1) is 0 Å². The second-order valence-electron chi connectivity index (χ2n) is 3.56. The number of nitrogens with one attached hydrogen (secondary N) is 1. The predicted octanol–water partition coefficient (Wildman–Crippen LogP) is 1.11. The Kier molecular flexibility index (Phi) is 3.87. The Bertz CT molecular complexity index is 104. The van der Waals surface area contributed by atoms with Crippen molar-refractivity contribution in [2.24, 2.45) is 11.7 Å². The van der Waals surface area contributed by atoms with Gasteiger partial charge >= 0.3 is 0 Å². The maximum atomic E-state index is 5.96. The molecule has 2 atom stereocenters. The molecule has 0 aromatic carbocycles. The minimum Gasteiger partial charge on any atom is -0.326 e. The van der Waals surface area contributed by atoms with Gasteiger partial charge in [-0.1, -0.05) is 19.8 Å². The molecule has 0 bridgehead atoms. The summed E-state index contributed by atoms with van der Waals surface area (Å²) >= 11 is 0. The zero-order chi connectivity index (χ0) is 8.10. The first-order chi connectivity index (χ1) is 5.34. The van der Waals surface area contributed by atoms with E-state index in [0.29, 0.717) is 6.04 Å². The highest BCUT2D eigenvalue weighted by molar-refractivity contribution is 4.80. The molecule has 1 aliphatic rings. The van der Waals surface area contributed by atoms with Crippen LogP contribution in [0.3, 0.4) is 0 Å². The summed E-state index contributed by atoms with van der Waals surface area (Å²) in [5.74, 6) is 0.788. The molecule has 0 amide bonds. The number of unbranched alkanes of at least 4 members (excludes halogenated alkanes) is 1. The zero-order valence-corrected chi connectivity index (χ0v) is 7.47. The van der Waals surface area contributed by atoms with Crippen molar-refractivity contribution >= 4 is 0 Å². The van der Waals surface area contributed by atoms with Gasteiger partial charge in [-0.2, -0.15) is 0 Å². The SMILES string of the molecule is CCCCC1CCNCC1N. The molecule has 66 valence electrons. The van der Waals surface area contributed by atoms with Gasteiger partial charge < -0.3 is 11.1 Å². The van der Waals surface area contributed by atoms with Crippen molar-refractivity contribution in [3.8, 4) is 0 Å². The first-order valence-electron chi connectivity index (χ1n) is 4.81. The molecule has 3 N–H and O–H groups in total. The van der Waals surface area contributed by atoms with Crippen LogP contribution in [0.5, 0.6) is 0 Å². The summed E-state index contributed by atoms with van der Waals surface area (Å²) in [6.07, 6.45) is 5.26. The minimum atomic E-state index is 0.412. The summed E-state index contributed by atoms with van der Waals surface area (Å²) in [5.41, 5.74) is 5.96. The van der Waals surface area contributed by atoms with Gasteiger partial charge in [0.15, 0.2) is 0 Å². The molecule has 11 heavy (non-hydrogen) atoms. The molecule has 0 spiro atoms. The summed E-state index contributed by atoms with van der Waals surface area (Å²) in [5, 5.41) is 3.32. The second kappa shape index (κ2) is 4.73. The first-order valence-corrected chi connectivity index (χ1v) is 4.81. The molecule has 0 aliphatic carbocycles. The lowest BCUT2D eigenvalue weighted by Crippen LogP contribution is -2.45. The van der Waals surface area contributed by atoms with E-state index in [2.05, 4.69) is 12.2 Å². The molecular formula is C9H20N2. The topological polar surface area (TPSA) is 38.0 Å². The van der Waals surface area contributed by atoms with Crippen LogP contribution in [-0.4, -0.2) is 19.1 Å². The number of hydrogen-bond acceptors (Lipinski definition) is 2. The Morgan fingerprint density at radius 3 is 3.00 bits per heavy atom. The van der Waals surface area contributed by atoms with E-state index >= 15 is 0 Å². The van der Waals surface area contributed by atoms with E-state index in [-0.39, 0.29) is 0 Å². The lowest BCUT2D eigenvalue weighted by Gasteiger charge is -2.29. The van der Waals surface area contributed by atoms with Crippen molar-refractivity contribution in [3.63, 3.8) is 0 Å². The van der Waals surface area contributed by atoms with Crippen molar-refractivity contribution in [2.75, 3.05) is 13.1 Å². The molecule has 1 aliphatic heterocycles. The highest BCUT2D eigenvalue weighted by Gasteiger charge is 2.20. The van der Waals surface area contributed by atoms with Crippen LogP contribution < -0.4 is 11.1 Å². The van der Waals surface area contributed by atoms with Gasteiger partial charge in [0.25, 0.3) is 0 Å². The van der Waals surface area contributed by atoms with Crippen LogP contribution in [-0.2, 0) is 0 Å². The van der Waals surface area contributed by atoms with E-state index in [1.54, 1.807) is 0 Å². The molecule has 2 nitrogen and oxygen atoms in total. The van der Waals surface area contributed by atoms with Gasteiger partial charge in [-0.05, 0) is 25.3 Å². The molecule has 1 rings (SSSR count). The third kappa shape index (κ3) is 2.80. The van der Waals surface area contributed by atoms with Crippen molar-refractivity contribution in [1.29, 1.82) is 0 Å². The van der Waals surface area contributed by atoms with Crippen LogP contribution in [0.4, 0.5) is 0 Å². The van der Waals surface area contributed by atoms with Crippen LogP contribution in [0.25, 0.3) is 0 Å². The van der Waals surface area contributed by atoms with Crippen molar-refractivity contribution in [2.45, 2.75) is 38.6 Å². The van der Waals surface area contributed by atoms with Gasteiger partial charge in [-0.3, -0.25) is 0 Å². The van der Waals surface area contributed by atoms with Gasteiger partial charge in [0.05, 0.1) is 0 Å². The lowest BCUT2D eigenvalue weighted by molar-refractivity contribution is 0.301. The Morgan fingerprint density at radius 2 is 2.36 bits per heavy atom. The fraction of sp³-hybridized carbons (Fsp3) is 1.00. The second-order valence-corrected chi connectivity index (χ2v) is 3.56. The third-order valence-corrected chi connectivity index (χ3v) is 2.61. The average molecular weight is 156 g/mol. The fourth-order valence-electron chi connectivity index (χ4n) is 1.76. The summed E-state index contributed by atoms with van der Waals surface area (Å²) in [4.78, 5) is 0. The van der Waals surface area contributed by atoms with Crippen LogP contribution >= 0.6 is 0 Å². The van der Waals surface area contributed by atoms with Gasteiger partial charge in [-0.25, -0.2) is 0 Å². The van der Waals surface area contributed by atoms with Crippen molar-refractivity contribution in [1.82, 2.24) is 5.32 Å². The van der Waals surface area contributed by atoms with Gasteiger partial charge in [0.1, 0.15) is 0 Å². The maximum Gasteiger partial charge on any atom is 0.0194 e. The molecule has 0 aromatic rings. The van der Waals surface area contributed by atoms with Crippen molar-refractivity contribution < 1.29 is 0 Å². The molecule has 1 saturated heterocycles. The molecule has 0 aromatic heterocycles. The number of rotatable bonds is 3. The molecule has 2 heteroatoms. The minimum absolute atomic E-state index is 0.412. The van der Waals surface area contributed by atoms with Crippen molar-refractivity contribution in [3.05, 3.63) is 0 Å². The number of nitrogens with two attached hydrogens (primary N) is 1. The molecule has 1 fully saturated rings. The highest BCUT2D eigenvalue weighted by atomic mass is 14.9. The summed E-state index contributed by atoms with van der Waals surface area (Å²) < 4.78 is 0. The monoisotopic (exact) mass is 156 g/mol. The zero-order valence-electron chi connectivity index (χ0n) is 7.47. The van der Waals surface area contributed by atoms with E-state index < -0.39 is 0 Å². The molecule has 0 saturated carbocycles. The lowest BCUT2D eigenvalue weighted by atomic mass is 9.89. The Morgan fingerprint density at radius 1 is 1.55 bits per heavy atom. The summed E-state index contributed by atoms with van der Waals surface area (Å²) in [7, 11) is 0. The average Bonchev–Trinajstić information content (AvgIpc) is 2.03. The van der Waals surface area contributed by atoms with Crippen LogP contribution in [0.1, 0.15) is 32.6 Å². The number of hydrogen-bond donors (Lipinski definition) is 2. The van der Waals surface area contributed by atoms with E-state index in [1.807, 2.05) is 0 Å². The Labute approximate surface area is 69.5 Å². The van der Waals surface area contributed by atoms with Gasteiger partial charge in [0.2, 0.25) is 0 Å². The van der Waals surface area contributed by atoms with Crippen LogP contribution in [0.15, 0.2) is 0 Å². The van der Waals surface area contributed by atoms with E-state index in [9.17, 15) is 0 Å². The van der Waals surface area contributed by atoms with Gasteiger partial charge in [0, 0.05) is 12.6 Å². The quantitative estimate of drug-likeness (QED) is 0.642. The Hall–Kier alpha value is -0.0800. The normalized spacial score (nSPS) is 32.2. The number of piperidine rings is 1. The van der Waals surface area contributed by atoms with E-state index in [4.69, 9.17) is 5.73 Å². The standard InChI is InChI=1S/C9H20N2/c1-2-3-4-8-5-6-11-7-9(8)10/h8-9,11H,2-7,10H2,1H3. The Balaban J connectivity index is 2.18. The summed E-state index contributed by atoms with van der Waals surface area (Å²) in [6.45, 7) is 4.43. The van der Waals surface area contributed by atoms with Crippen LogP contribution in [0.2, 0.25) is 0 Å². The molecule has 1 heterocycles. The smallest absolute Gasteiger partial charge is 0.0194 e. The summed E-state index contributed by atoms with van der Waals surface area (Å²) in [6, 6.07) is 0.412. The predicted molar refractivity (Wildman–Crippen MR) is 48.5 cm³/mol. The van der Waals surface area contributed by atoms with E-state index in [1.165, 1.54) is 32.2 Å².